The first-order valence-electron chi connectivity index (χ1n) is 6.88. The Morgan fingerprint density at radius 1 is 1.37 bits per heavy atom. The molecule has 3 rings (SSSR count). The number of fused-ring (bicyclic) bond motifs is 1. The summed E-state index contributed by atoms with van der Waals surface area (Å²) in [4.78, 5) is 4.55. The minimum absolute atomic E-state index is 0.518. The van der Waals surface area contributed by atoms with Gasteiger partial charge in [-0.2, -0.15) is 16.7 Å². The van der Waals surface area contributed by atoms with Crippen molar-refractivity contribution in [2.45, 2.75) is 43.9 Å². The number of aryl methyl sites for hydroxylation is 1. The predicted molar refractivity (Wildman–Crippen MR) is 80.9 cm³/mol. The standard InChI is InChI=1S/C14H20N4S/c1-10-5-3-8-13-16-14(17-18(10)13)15-11-6-4-7-12(9-11)19-2/h3,5,8,11-12H,4,6-7,9H2,1-2H3,(H,15,17). The van der Waals surface area contributed by atoms with Crippen molar-refractivity contribution in [3.63, 3.8) is 0 Å². The topological polar surface area (TPSA) is 42.2 Å². The zero-order valence-corrected chi connectivity index (χ0v) is 12.3. The molecule has 0 saturated heterocycles. The van der Waals surface area contributed by atoms with Gasteiger partial charge in [0.1, 0.15) is 0 Å². The van der Waals surface area contributed by atoms with Gasteiger partial charge in [0.15, 0.2) is 5.65 Å². The fraction of sp³-hybridized carbons (Fsp3) is 0.571. The van der Waals surface area contributed by atoms with Gasteiger partial charge in [0.25, 0.3) is 0 Å². The fourth-order valence-electron chi connectivity index (χ4n) is 2.77. The SMILES string of the molecule is CSC1CCCC(Nc2nc3cccc(C)n3n2)C1. The number of nitrogens with one attached hydrogen (secondary N) is 1. The van der Waals surface area contributed by atoms with E-state index in [1.165, 1.54) is 25.7 Å². The summed E-state index contributed by atoms with van der Waals surface area (Å²) in [6.45, 7) is 2.05. The second-order valence-corrected chi connectivity index (χ2v) is 6.38. The molecule has 1 saturated carbocycles. The van der Waals surface area contributed by atoms with Crippen molar-refractivity contribution >= 4 is 23.4 Å². The second-order valence-electron chi connectivity index (χ2n) is 5.24. The smallest absolute Gasteiger partial charge is 0.243 e. The van der Waals surface area contributed by atoms with Crippen LogP contribution in [-0.4, -0.2) is 32.1 Å². The van der Waals surface area contributed by atoms with E-state index in [0.29, 0.717) is 6.04 Å². The molecule has 2 aromatic heterocycles. The van der Waals surface area contributed by atoms with E-state index in [1.54, 1.807) is 0 Å². The zero-order chi connectivity index (χ0) is 13.2. The lowest BCUT2D eigenvalue weighted by Gasteiger charge is -2.28. The molecule has 1 N–H and O–H groups in total. The van der Waals surface area contributed by atoms with E-state index in [4.69, 9.17) is 0 Å². The molecule has 1 fully saturated rings. The van der Waals surface area contributed by atoms with Crippen LogP contribution in [0.5, 0.6) is 0 Å². The van der Waals surface area contributed by atoms with E-state index in [-0.39, 0.29) is 0 Å². The molecule has 0 bridgehead atoms. The monoisotopic (exact) mass is 276 g/mol. The molecule has 2 heterocycles. The largest absolute Gasteiger partial charge is 0.350 e. The number of anilines is 1. The van der Waals surface area contributed by atoms with E-state index in [2.05, 4.69) is 34.6 Å². The van der Waals surface area contributed by atoms with Crippen molar-refractivity contribution in [3.8, 4) is 0 Å². The van der Waals surface area contributed by atoms with Crippen LogP contribution in [0.4, 0.5) is 5.95 Å². The summed E-state index contributed by atoms with van der Waals surface area (Å²) in [6, 6.07) is 6.59. The summed E-state index contributed by atoms with van der Waals surface area (Å²) in [5, 5.41) is 8.83. The first-order chi connectivity index (χ1) is 9.26. The molecule has 0 amide bonds. The van der Waals surface area contributed by atoms with Crippen LogP contribution in [0.1, 0.15) is 31.4 Å². The Morgan fingerprint density at radius 3 is 3.05 bits per heavy atom. The summed E-state index contributed by atoms with van der Waals surface area (Å²) in [5.74, 6) is 0.765. The van der Waals surface area contributed by atoms with Crippen molar-refractivity contribution in [3.05, 3.63) is 23.9 Å². The summed E-state index contributed by atoms with van der Waals surface area (Å²) < 4.78 is 1.90. The third-order valence-corrected chi connectivity index (χ3v) is 4.94. The molecule has 4 nitrogen and oxygen atoms in total. The highest BCUT2D eigenvalue weighted by molar-refractivity contribution is 7.99. The van der Waals surface area contributed by atoms with Gasteiger partial charge in [-0.05, 0) is 44.6 Å². The van der Waals surface area contributed by atoms with Crippen LogP contribution < -0.4 is 5.32 Å². The molecule has 0 aliphatic heterocycles. The highest BCUT2D eigenvalue weighted by atomic mass is 32.2. The van der Waals surface area contributed by atoms with E-state index in [0.717, 1.165) is 22.5 Å². The minimum Gasteiger partial charge on any atom is -0.350 e. The molecule has 1 aliphatic carbocycles. The van der Waals surface area contributed by atoms with Crippen LogP contribution in [0.15, 0.2) is 18.2 Å². The van der Waals surface area contributed by atoms with Gasteiger partial charge in [0.2, 0.25) is 5.95 Å². The Labute approximate surface area is 118 Å². The van der Waals surface area contributed by atoms with Crippen molar-refractivity contribution in [2.75, 3.05) is 11.6 Å². The molecule has 2 atom stereocenters. The van der Waals surface area contributed by atoms with Crippen LogP contribution in [0.3, 0.4) is 0 Å². The lowest BCUT2D eigenvalue weighted by atomic mass is 9.95. The molecule has 102 valence electrons. The van der Waals surface area contributed by atoms with Gasteiger partial charge in [-0.15, -0.1) is 5.10 Å². The van der Waals surface area contributed by atoms with Gasteiger partial charge in [-0.3, -0.25) is 0 Å². The van der Waals surface area contributed by atoms with Crippen LogP contribution in [0, 0.1) is 6.92 Å². The van der Waals surface area contributed by atoms with Crippen molar-refractivity contribution in [1.82, 2.24) is 14.6 Å². The van der Waals surface area contributed by atoms with E-state index in [1.807, 2.05) is 28.4 Å². The van der Waals surface area contributed by atoms with Gasteiger partial charge in [-0.25, -0.2) is 4.52 Å². The maximum Gasteiger partial charge on any atom is 0.243 e. The molecule has 0 aromatic carbocycles. The third-order valence-electron chi connectivity index (χ3n) is 3.84. The summed E-state index contributed by atoms with van der Waals surface area (Å²) in [5.41, 5.74) is 2.03. The Morgan fingerprint density at radius 2 is 2.26 bits per heavy atom. The number of nitrogens with zero attached hydrogens (tertiary/aromatic N) is 3. The first-order valence-corrected chi connectivity index (χ1v) is 8.17. The molecule has 5 heteroatoms. The van der Waals surface area contributed by atoms with E-state index >= 15 is 0 Å². The molecule has 0 radical (unpaired) electrons. The average Bonchev–Trinajstić information content (AvgIpc) is 2.83. The second kappa shape index (κ2) is 5.41. The zero-order valence-electron chi connectivity index (χ0n) is 11.5. The summed E-state index contributed by atoms with van der Waals surface area (Å²) >= 11 is 1.98. The quantitative estimate of drug-likeness (QED) is 0.935. The molecule has 2 unspecified atom stereocenters. The Bertz CT molecular complexity index is 566. The Hall–Kier alpha value is -1.23. The van der Waals surface area contributed by atoms with Gasteiger partial charge >= 0.3 is 0 Å². The van der Waals surface area contributed by atoms with Crippen LogP contribution in [0.2, 0.25) is 0 Å². The fourth-order valence-corrected chi connectivity index (χ4v) is 3.60. The summed E-state index contributed by atoms with van der Waals surface area (Å²) in [7, 11) is 0. The van der Waals surface area contributed by atoms with Gasteiger partial charge in [0, 0.05) is 17.0 Å². The van der Waals surface area contributed by atoms with Crippen LogP contribution in [0.25, 0.3) is 5.65 Å². The minimum atomic E-state index is 0.518. The lowest BCUT2D eigenvalue weighted by molar-refractivity contribution is 0.471. The van der Waals surface area contributed by atoms with E-state index in [9.17, 15) is 0 Å². The molecule has 1 aliphatic rings. The van der Waals surface area contributed by atoms with Crippen molar-refractivity contribution in [1.29, 1.82) is 0 Å². The number of aromatic nitrogens is 3. The molecule has 0 spiro atoms. The Kier molecular flexibility index (Phi) is 3.64. The average molecular weight is 276 g/mol. The highest BCUT2D eigenvalue weighted by Gasteiger charge is 2.22. The van der Waals surface area contributed by atoms with Gasteiger partial charge < -0.3 is 5.32 Å². The van der Waals surface area contributed by atoms with Crippen molar-refractivity contribution in [2.24, 2.45) is 0 Å². The lowest BCUT2D eigenvalue weighted by Crippen LogP contribution is -2.28. The third kappa shape index (κ3) is 2.71. The first kappa shape index (κ1) is 12.8. The summed E-state index contributed by atoms with van der Waals surface area (Å²) in [6.07, 6.45) is 7.30. The van der Waals surface area contributed by atoms with Crippen LogP contribution in [-0.2, 0) is 0 Å². The van der Waals surface area contributed by atoms with Gasteiger partial charge in [0.05, 0.1) is 0 Å². The normalized spacial score (nSPS) is 23.7. The van der Waals surface area contributed by atoms with E-state index < -0.39 is 0 Å². The maximum absolute atomic E-state index is 4.55. The predicted octanol–water partition coefficient (Wildman–Crippen LogP) is 3.12. The number of hydrogen-bond donors (Lipinski definition) is 1. The molecule has 19 heavy (non-hydrogen) atoms. The Balaban J connectivity index is 1.76. The number of thioether (sulfide) groups is 1. The maximum atomic E-state index is 4.55. The molecule has 2 aromatic rings. The highest BCUT2D eigenvalue weighted by Crippen LogP contribution is 2.28. The number of hydrogen-bond acceptors (Lipinski definition) is 4. The number of pyridine rings is 1. The molecular weight excluding hydrogens is 256 g/mol. The van der Waals surface area contributed by atoms with Gasteiger partial charge in [-0.1, -0.05) is 12.5 Å². The molecular formula is C14H20N4S. The van der Waals surface area contributed by atoms with Crippen LogP contribution >= 0.6 is 11.8 Å². The van der Waals surface area contributed by atoms with Crippen molar-refractivity contribution < 1.29 is 0 Å². The number of rotatable bonds is 3.